The van der Waals surface area contributed by atoms with E-state index in [2.05, 4.69) is 0 Å². The van der Waals surface area contributed by atoms with E-state index in [9.17, 15) is 10.1 Å². The van der Waals surface area contributed by atoms with Gasteiger partial charge in [0.25, 0.3) is 0 Å². The third-order valence-electron chi connectivity index (χ3n) is 4.96. The number of rotatable bonds is 6. The van der Waals surface area contributed by atoms with Gasteiger partial charge in [0.1, 0.15) is 22.1 Å². The van der Waals surface area contributed by atoms with Gasteiger partial charge in [-0.05, 0) is 41.7 Å². The Bertz CT molecular complexity index is 930. The Kier molecular flexibility index (Phi) is 5.98. The van der Waals surface area contributed by atoms with Crippen LogP contribution in [-0.2, 0) is 9.53 Å². The molecule has 1 fully saturated rings. The molecule has 144 valence electrons. The lowest BCUT2D eigenvalue weighted by Gasteiger charge is -2.13. The van der Waals surface area contributed by atoms with Crippen LogP contribution in [0, 0.1) is 28.6 Å². The van der Waals surface area contributed by atoms with Crippen LogP contribution in [0.2, 0.25) is 0 Å². The Morgan fingerprint density at radius 3 is 2.46 bits per heavy atom. The van der Waals surface area contributed by atoms with Crippen LogP contribution in [0.25, 0.3) is 0 Å². The van der Waals surface area contributed by atoms with Gasteiger partial charge in [0.2, 0.25) is 6.10 Å². The Hall–Kier alpha value is -2.48. The summed E-state index contributed by atoms with van der Waals surface area (Å²) in [5.41, 5.74) is 0.231. The first kappa shape index (κ1) is 20.3. The Balaban J connectivity index is 1.72. The van der Waals surface area contributed by atoms with E-state index in [4.69, 9.17) is 32.7 Å². The number of benzene rings is 2. The summed E-state index contributed by atoms with van der Waals surface area (Å²) in [6.45, 7) is 3.87. The van der Waals surface area contributed by atoms with Gasteiger partial charge < -0.3 is 9.47 Å². The molecule has 0 bridgehead atoms. The van der Waals surface area contributed by atoms with E-state index in [0.717, 1.165) is 0 Å². The molecule has 0 aromatic heterocycles. The Labute approximate surface area is 174 Å². The molecular weight excluding hydrogens is 397 g/mol. The van der Waals surface area contributed by atoms with E-state index >= 15 is 0 Å². The average molecular weight is 416 g/mol. The van der Waals surface area contributed by atoms with Crippen molar-refractivity contribution in [3.8, 4) is 17.6 Å². The van der Waals surface area contributed by atoms with Crippen LogP contribution >= 0.6 is 23.2 Å². The summed E-state index contributed by atoms with van der Waals surface area (Å²) in [4.78, 5) is 12.6. The monoisotopic (exact) mass is 415 g/mol. The third-order valence-corrected chi connectivity index (χ3v) is 5.21. The quantitative estimate of drug-likeness (QED) is 0.528. The number of para-hydroxylation sites is 1. The second-order valence-corrected chi connectivity index (χ2v) is 8.22. The zero-order valence-corrected chi connectivity index (χ0v) is 16.9. The summed E-state index contributed by atoms with van der Waals surface area (Å²) < 4.78 is 11.4. The molecule has 0 radical (unpaired) electrons. The van der Waals surface area contributed by atoms with Gasteiger partial charge in [0, 0.05) is 5.56 Å². The van der Waals surface area contributed by atoms with E-state index in [0.29, 0.717) is 17.1 Å². The molecule has 28 heavy (non-hydrogen) atoms. The van der Waals surface area contributed by atoms with Gasteiger partial charge in [-0.3, -0.25) is 4.79 Å². The maximum Gasteiger partial charge on any atom is 0.311 e. The molecule has 3 atom stereocenters. The van der Waals surface area contributed by atoms with Crippen molar-refractivity contribution >= 4 is 29.2 Å². The number of hydrogen-bond acceptors (Lipinski definition) is 4. The number of carbonyl (C=O) groups is 1. The van der Waals surface area contributed by atoms with Gasteiger partial charge in [0.05, 0.1) is 5.92 Å². The summed E-state index contributed by atoms with van der Waals surface area (Å²) in [7, 11) is 0. The average Bonchev–Trinajstić information content (AvgIpc) is 3.20. The summed E-state index contributed by atoms with van der Waals surface area (Å²) in [6.07, 6.45) is 0.615. The summed E-state index contributed by atoms with van der Waals surface area (Å²) in [5, 5.41) is 9.53. The van der Waals surface area contributed by atoms with Gasteiger partial charge in [0.15, 0.2) is 0 Å². The largest absolute Gasteiger partial charge is 0.457 e. The predicted octanol–water partition coefficient (Wildman–Crippen LogP) is 6.18. The number of halogens is 2. The molecule has 2 unspecified atom stereocenters. The zero-order valence-electron chi connectivity index (χ0n) is 15.4. The molecule has 0 N–H and O–H groups in total. The van der Waals surface area contributed by atoms with E-state index in [1.165, 1.54) is 0 Å². The van der Waals surface area contributed by atoms with Gasteiger partial charge in [-0.15, -0.1) is 0 Å². The molecule has 0 amide bonds. The van der Waals surface area contributed by atoms with E-state index in [1.54, 1.807) is 30.3 Å². The number of hydrogen-bond donors (Lipinski definition) is 0. The molecule has 2 aromatic rings. The standard InChI is InChI=1S/C22H19Cl2NO3/c1-22(2)17(12-19(23)24)20(22)21(26)28-18(13-25)14-7-6-10-16(11-14)27-15-8-4-3-5-9-15/h3-12,17-18,20H,1-2H3/t17?,18?,20-/m0/s1. The second kappa shape index (κ2) is 8.26. The number of esters is 1. The van der Waals surface area contributed by atoms with Crippen LogP contribution < -0.4 is 4.74 Å². The van der Waals surface area contributed by atoms with Crippen LogP contribution in [0.5, 0.6) is 11.5 Å². The Morgan fingerprint density at radius 1 is 1.14 bits per heavy atom. The van der Waals surface area contributed by atoms with Crippen molar-refractivity contribution in [3.05, 3.63) is 70.7 Å². The minimum absolute atomic E-state index is 0.114. The molecule has 0 aliphatic heterocycles. The minimum atomic E-state index is -1.03. The molecule has 4 nitrogen and oxygen atoms in total. The lowest BCUT2D eigenvalue weighted by Crippen LogP contribution is -2.14. The molecule has 3 rings (SSSR count). The molecule has 1 saturated carbocycles. The molecule has 0 heterocycles. The fraction of sp³-hybridized carbons (Fsp3) is 0.273. The van der Waals surface area contributed by atoms with Crippen LogP contribution in [-0.4, -0.2) is 5.97 Å². The topological polar surface area (TPSA) is 59.3 Å². The molecule has 6 heteroatoms. The number of ether oxygens (including phenoxy) is 2. The van der Waals surface area contributed by atoms with Crippen molar-refractivity contribution in [1.29, 1.82) is 5.26 Å². The van der Waals surface area contributed by atoms with Crippen LogP contribution in [0.3, 0.4) is 0 Å². The first-order valence-electron chi connectivity index (χ1n) is 8.78. The molecule has 0 saturated heterocycles. The highest BCUT2D eigenvalue weighted by Gasteiger charge is 2.62. The van der Waals surface area contributed by atoms with Gasteiger partial charge in [-0.25, -0.2) is 0 Å². The smallest absolute Gasteiger partial charge is 0.311 e. The number of carbonyl (C=O) groups excluding carboxylic acids is 1. The van der Waals surface area contributed by atoms with Crippen molar-refractivity contribution in [2.24, 2.45) is 17.3 Å². The van der Waals surface area contributed by atoms with E-state index in [1.807, 2.05) is 50.2 Å². The van der Waals surface area contributed by atoms with Crippen LogP contribution in [0.15, 0.2) is 65.2 Å². The minimum Gasteiger partial charge on any atom is -0.457 e. The van der Waals surface area contributed by atoms with Crippen molar-refractivity contribution in [1.82, 2.24) is 0 Å². The molecule has 2 aromatic carbocycles. The number of allylic oxidation sites excluding steroid dienone is 1. The van der Waals surface area contributed by atoms with Crippen molar-refractivity contribution < 1.29 is 14.3 Å². The third kappa shape index (κ3) is 4.49. The van der Waals surface area contributed by atoms with Crippen molar-refractivity contribution in [2.45, 2.75) is 20.0 Å². The molecule has 1 aliphatic carbocycles. The van der Waals surface area contributed by atoms with E-state index < -0.39 is 12.1 Å². The lowest BCUT2D eigenvalue weighted by molar-refractivity contribution is -0.149. The summed E-state index contributed by atoms with van der Waals surface area (Å²) in [5.74, 6) is 0.289. The Morgan fingerprint density at radius 2 is 1.82 bits per heavy atom. The maximum absolute atomic E-state index is 12.6. The number of nitrogens with zero attached hydrogens (tertiary/aromatic N) is 1. The van der Waals surface area contributed by atoms with Crippen molar-refractivity contribution in [3.63, 3.8) is 0 Å². The van der Waals surface area contributed by atoms with Gasteiger partial charge in [-0.1, -0.05) is 67.4 Å². The summed E-state index contributed by atoms with van der Waals surface area (Å²) in [6, 6.07) is 18.3. The highest BCUT2D eigenvalue weighted by atomic mass is 35.5. The van der Waals surface area contributed by atoms with Crippen LogP contribution in [0.1, 0.15) is 25.5 Å². The van der Waals surface area contributed by atoms with Crippen molar-refractivity contribution in [2.75, 3.05) is 0 Å². The molecule has 1 aliphatic rings. The first-order chi connectivity index (χ1) is 13.3. The fourth-order valence-electron chi connectivity index (χ4n) is 3.30. The molecular formula is C22H19Cl2NO3. The first-order valence-corrected chi connectivity index (χ1v) is 9.54. The SMILES string of the molecule is CC1(C)C(C=C(Cl)Cl)[C@H]1C(=O)OC(C#N)c1cccc(Oc2ccccc2)c1. The predicted molar refractivity (Wildman–Crippen MR) is 108 cm³/mol. The maximum atomic E-state index is 12.6. The van der Waals surface area contributed by atoms with E-state index in [-0.39, 0.29) is 21.7 Å². The zero-order chi connectivity index (χ0) is 20.3. The number of nitriles is 1. The highest BCUT2D eigenvalue weighted by Crippen LogP contribution is 2.60. The summed E-state index contributed by atoms with van der Waals surface area (Å²) >= 11 is 11.5. The normalized spacial score (nSPS) is 20.4. The lowest BCUT2D eigenvalue weighted by atomic mass is 10.1. The molecule has 0 spiro atoms. The van der Waals surface area contributed by atoms with Gasteiger partial charge in [-0.2, -0.15) is 5.26 Å². The van der Waals surface area contributed by atoms with Crippen LogP contribution in [0.4, 0.5) is 0 Å². The fourth-order valence-corrected chi connectivity index (χ4v) is 3.57. The highest BCUT2D eigenvalue weighted by molar-refractivity contribution is 6.55. The second-order valence-electron chi connectivity index (χ2n) is 7.21. The van der Waals surface area contributed by atoms with Gasteiger partial charge >= 0.3 is 5.97 Å².